The van der Waals surface area contributed by atoms with Gasteiger partial charge < -0.3 is 9.84 Å². The molecule has 2 atom stereocenters. The number of benzene rings is 2. The van der Waals surface area contributed by atoms with E-state index >= 15 is 0 Å². The second kappa shape index (κ2) is 10.4. The monoisotopic (exact) mass is 532 g/mol. The Hall–Kier alpha value is -3.55. The van der Waals surface area contributed by atoms with Gasteiger partial charge in [0.15, 0.2) is 5.82 Å². The fraction of sp³-hybridized carbons (Fsp3) is 0.333. The minimum atomic E-state index is -3.65. The van der Waals surface area contributed by atoms with Crippen molar-refractivity contribution in [2.24, 2.45) is 0 Å². The number of hydrogen-bond acceptors (Lipinski definition) is 8. The van der Waals surface area contributed by atoms with E-state index in [4.69, 9.17) is 4.74 Å². The Kier molecular flexibility index (Phi) is 7.48. The first-order chi connectivity index (χ1) is 17.5. The summed E-state index contributed by atoms with van der Waals surface area (Å²) in [5, 5.41) is 19.6. The zero-order valence-electron chi connectivity index (χ0n) is 20.4. The van der Waals surface area contributed by atoms with Gasteiger partial charge in [0.25, 0.3) is 5.16 Å². The topological polar surface area (TPSA) is 125 Å². The molecule has 0 amide bonds. The molecule has 2 aromatic carbocycles. The van der Waals surface area contributed by atoms with E-state index in [2.05, 4.69) is 20.2 Å². The predicted molar refractivity (Wildman–Crippen MR) is 129 cm³/mol. The van der Waals surface area contributed by atoms with Crippen LogP contribution in [0.5, 0.6) is 0 Å². The molecule has 1 N–H and O–H groups in total. The summed E-state index contributed by atoms with van der Waals surface area (Å²) >= 11 is 0. The number of sulfone groups is 1. The van der Waals surface area contributed by atoms with Gasteiger partial charge in [-0.1, -0.05) is 37.3 Å². The third kappa shape index (κ3) is 5.58. The molecule has 0 spiro atoms. The van der Waals surface area contributed by atoms with E-state index in [1.54, 1.807) is 38.1 Å². The molecule has 10 nitrogen and oxygen atoms in total. The molecule has 37 heavy (non-hydrogen) atoms. The maximum atomic E-state index is 14.9. The number of ether oxygens (including phenoxy) is 1. The lowest BCUT2D eigenvalue weighted by Gasteiger charge is -2.35. The molecule has 0 saturated carbocycles. The van der Waals surface area contributed by atoms with Gasteiger partial charge in [-0.2, -0.15) is 10.1 Å². The van der Waals surface area contributed by atoms with Crippen molar-refractivity contribution in [2.45, 2.75) is 43.8 Å². The second-order valence-electron chi connectivity index (χ2n) is 8.60. The molecule has 0 aliphatic heterocycles. The largest absolute Gasteiger partial charge is 0.382 e. The van der Waals surface area contributed by atoms with Crippen molar-refractivity contribution in [1.82, 2.24) is 29.5 Å². The van der Waals surface area contributed by atoms with Crippen LogP contribution in [0.4, 0.5) is 8.78 Å². The van der Waals surface area contributed by atoms with E-state index in [0.717, 1.165) is 18.4 Å². The van der Waals surface area contributed by atoms with E-state index < -0.39 is 33.0 Å². The normalized spacial score (nSPS) is 14.4. The molecule has 0 aliphatic rings. The molecule has 0 radical (unpaired) electrons. The molecule has 4 rings (SSSR count). The highest BCUT2D eigenvalue weighted by molar-refractivity contribution is 7.90. The third-order valence-corrected chi connectivity index (χ3v) is 6.89. The predicted octanol–water partition coefficient (Wildman–Crippen LogP) is 2.90. The number of nitrogens with zero attached hydrogens (tertiary/aromatic N) is 6. The van der Waals surface area contributed by atoms with Crippen LogP contribution in [0.2, 0.25) is 0 Å². The molecule has 0 aliphatic carbocycles. The highest BCUT2D eigenvalue weighted by Gasteiger charge is 2.40. The van der Waals surface area contributed by atoms with Gasteiger partial charge in [0.2, 0.25) is 9.84 Å². The van der Waals surface area contributed by atoms with Gasteiger partial charge >= 0.3 is 0 Å². The Labute approximate surface area is 212 Å². The van der Waals surface area contributed by atoms with Gasteiger partial charge in [0, 0.05) is 36.0 Å². The number of aromatic nitrogens is 6. The maximum Gasteiger partial charge on any atom is 0.267 e. The van der Waals surface area contributed by atoms with Crippen LogP contribution >= 0.6 is 0 Å². The lowest BCUT2D eigenvalue weighted by Crippen LogP contribution is -2.38. The van der Waals surface area contributed by atoms with Crippen LogP contribution in [0, 0.1) is 11.6 Å². The quantitative estimate of drug-likeness (QED) is 0.331. The molecule has 4 aromatic rings. The molecule has 2 heterocycles. The SMILES string of the molecule is CCOCn1nc(S(C)(=O)=O)nc1-c1ccc(C(C)C(O)(Cn2cncn2)c2ccc(F)cc2F)cc1. The first-order valence-corrected chi connectivity index (χ1v) is 13.3. The van der Waals surface area contributed by atoms with Crippen molar-refractivity contribution < 1.29 is 27.0 Å². The summed E-state index contributed by atoms with van der Waals surface area (Å²) in [4.78, 5) is 8.06. The highest BCUT2D eigenvalue weighted by atomic mass is 32.2. The van der Waals surface area contributed by atoms with Crippen LogP contribution in [-0.4, -0.2) is 55.9 Å². The Morgan fingerprint density at radius 2 is 1.89 bits per heavy atom. The smallest absolute Gasteiger partial charge is 0.267 e. The molecule has 0 fully saturated rings. The molecule has 13 heteroatoms. The van der Waals surface area contributed by atoms with E-state index in [-0.39, 0.29) is 29.8 Å². The van der Waals surface area contributed by atoms with Crippen LogP contribution in [-0.2, 0) is 33.5 Å². The summed E-state index contributed by atoms with van der Waals surface area (Å²) in [6.07, 6.45) is 3.71. The fourth-order valence-electron chi connectivity index (χ4n) is 4.01. The van der Waals surface area contributed by atoms with Crippen molar-refractivity contribution in [3.05, 3.63) is 77.9 Å². The van der Waals surface area contributed by atoms with Gasteiger partial charge in [0.05, 0.1) is 6.54 Å². The average molecular weight is 533 g/mol. The summed E-state index contributed by atoms with van der Waals surface area (Å²) in [5.74, 6) is -2.04. The van der Waals surface area contributed by atoms with Crippen LogP contribution in [0.1, 0.15) is 30.9 Å². The minimum absolute atomic E-state index is 0.00794. The highest BCUT2D eigenvalue weighted by Crippen LogP contribution is 2.40. The fourth-order valence-corrected chi connectivity index (χ4v) is 4.51. The first-order valence-electron chi connectivity index (χ1n) is 11.4. The van der Waals surface area contributed by atoms with E-state index in [0.29, 0.717) is 17.7 Å². The van der Waals surface area contributed by atoms with Crippen molar-refractivity contribution in [1.29, 1.82) is 0 Å². The summed E-state index contributed by atoms with van der Waals surface area (Å²) in [7, 11) is -3.65. The van der Waals surface area contributed by atoms with E-state index in [1.807, 2.05) is 0 Å². The molecule has 2 unspecified atom stereocenters. The summed E-state index contributed by atoms with van der Waals surface area (Å²) < 4.78 is 60.6. The lowest BCUT2D eigenvalue weighted by molar-refractivity contribution is -0.0112. The minimum Gasteiger partial charge on any atom is -0.382 e. The molecule has 2 aromatic heterocycles. The number of rotatable bonds is 10. The van der Waals surface area contributed by atoms with Gasteiger partial charge in [0.1, 0.15) is 36.6 Å². The van der Waals surface area contributed by atoms with Crippen molar-refractivity contribution in [3.63, 3.8) is 0 Å². The summed E-state index contributed by atoms with van der Waals surface area (Å²) in [6, 6.07) is 9.85. The standard InChI is InChI=1S/C24H26F2N6O4S/c1-4-36-15-32-22(29-23(30-32)37(3,34)35)18-7-5-17(6-8-18)16(2)24(33,12-31-14-27-13-28-31)20-10-9-19(25)11-21(20)26/h5-11,13-14,16,33H,4,12,15H2,1-3H3. The van der Waals surface area contributed by atoms with E-state index in [9.17, 15) is 22.3 Å². The maximum absolute atomic E-state index is 14.9. The second-order valence-corrected chi connectivity index (χ2v) is 10.5. The van der Waals surface area contributed by atoms with Crippen LogP contribution in [0.25, 0.3) is 11.4 Å². The molecular formula is C24H26F2N6O4S. The Morgan fingerprint density at radius 1 is 1.16 bits per heavy atom. The Bertz CT molecular complexity index is 1480. The van der Waals surface area contributed by atoms with Crippen molar-refractivity contribution >= 4 is 9.84 Å². The molecular weight excluding hydrogens is 506 g/mol. The van der Waals surface area contributed by atoms with E-state index in [1.165, 1.54) is 28.1 Å². The van der Waals surface area contributed by atoms with Gasteiger partial charge in [-0.15, -0.1) is 5.10 Å². The summed E-state index contributed by atoms with van der Waals surface area (Å²) in [5.41, 5.74) is -0.707. The molecule has 0 bridgehead atoms. The zero-order chi connectivity index (χ0) is 26.8. The first kappa shape index (κ1) is 26.5. The number of hydrogen-bond donors (Lipinski definition) is 1. The van der Waals surface area contributed by atoms with Crippen molar-refractivity contribution in [3.8, 4) is 11.4 Å². The average Bonchev–Trinajstić information content (AvgIpc) is 3.52. The molecule has 0 saturated heterocycles. The molecule has 196 valence electrons. The van der Waals surface area contributed by atoms with Crippen molar-refractivity contribution in [2.75, 3.05) is 12.9 Å². The zero-order valence-corrected chi connectivity index (χ0v) is 21.2. The number of aliphatic hydroxyl groups is 1. The van der Waals surface area contributed by atoms with Gasteiger partial charge in [-0.3, -0.25) is 0 Å². The van der Waals surface area contributed by atoms with Gasteiger partial charge in [-0.25, -0.2) is 31.5 Å². The third-order valence-electron chi connectivity index (χ3n) is 6.05. The van der Waals surface area contributed by atoms with Crippen LogP contribution in [0.3, 0.4) is 0 Å². The number of halogens is 2. The van der Waals surface area contributed by atoms with Crippen LogP contribution < -0.4 is 0 Å². The van der Waals surface area contributed by atoms with Gasteiger partial charge in [-0.05, 0) is 18.6 Å². The summed E-state index contributed by atoms with van der Waals surface area (Å²) in [6.45, 7) is 3.78. The Balaban J connectivity index is 1.72. The van der Waals surface area contributed by atoms with Crippen LogP contribution in [0.15, 0.2) is 60.3 Å². The Morgan fingerprint density at radius 3 is 2.49 bits per heavy atom. The lowest BCUT2D eigenvalue weighted by atomic mass is 9.78.